The molecule has 2 aromatic carbocycles. The average Bonchev–Trinajstić information content (AvgIpc) is 2.59. The summed E-state index contributed by atoms with van der Waals surface area (Å²) >= 11 is 0. The molecule has 0 heterocycles. The third-order valence-corrected chi connectivity index (χ3v) is 3.25. The maximum Gasteiger partial charge on any atom is 0.337 e. The molecule has 0 saturated heterocycles. The second-order valence-electron chi connectivity index (χ2n) is 4.79. The molecule has 2 rings (SSSR count). The summed E-state index contributed by atoms with van der Waals surface area (Å²) in [5, 5.41) is 11.6. The van der Waals surface area contributed by atoms with Crippen LogP contribution < -0.4 is 14.8 Å². The van der Waals surface area contributed by atoms with Gasteiger partial charge in [0.05, 0.1) is 25.5 Å². The minimum Gasteiger partial charge on any atom is -0.493 e. The van der Waals surface area contributed by atoms with Gasteiger partial charge in [-0.2, -0.15) is 0 Å². The third kappa shape index (κ3) is 5.38. The largest absolute Gasteiger partial charge is 0.493 e. The molecule has 25 heavy (non-hydrogen) atoms. The van der Waals surface area contributed by atoms with Crippen molar-refractivity contribution in [3.05, 3.63) is 59.7 Å². The van der Waals surface area contributed by atoms with Crippen molar-refractivity contribution in [1.82, 2.24) is 0 Å². The summed E-state index contributed by atoms with van der Waals surface area (Å²) in [5.74, 6) is -0.390. The Morgan fingerprint density at radius 2 is 1.72 bits per heavy atom. The van der Waals surface area contributed by atoms with Crippen molar-refractivity contribution in [1.29, 1.82) is 0 Å². The number of nitrogens with one attached hydrogen (secondary N) is 1. The molecule has 0 saturated carbocycles. The molecule has 2 N–H and O–H groups in total. The maximum absolute atomic E-state index is 12.0. The number of ether oxygens (including phenoxy) is 2. The van der Waals surface area contributed by atoms with Crippen LogP contribution in [0.15, 0.2) is 48.5 Å². The Kier molecular flexibility index (Phi) is 7.73. The number of aromatic carboxylic acids is 1. The zero-order valence-electron chi connectivity index (χ0n) is 13.7. The van der Waals surface area contributed by atoms with Crippen molar-refractivity contribution in [2.45, 2.75) is 0 Å². The van der Waals surface area contributed by atoms with Gasteiger partial charge in [-0.25, -0.2) is 4.79 Å². The molecular weight excluding hydrogens is 362 g/mol. The van der Waals surface area contributed by atoms with Crippen LogP contribution >= 0.6 is 0 Å². The van der Waals surface area contributed by atoms with Gasteiger partial charge >= 0.3 is 5.97 Å². The molecule has 0 aliphatic rings. The summed E-state index contributed by atoms with van der Waals surface area (Å²) in [5.41, 5.74) is 1.02. The SMILES string of the molecule is COc1ccc(/C=C/C(=O)Nc2ccccc2C(=O)O)cc1OC.[Cr]. The van der Waals surface area contributed by atoms with Gasteiger partial charge in [0.25, 0.3) is 0 Å². The number of amides is 1. The summed E-state index contributed by atoms with van der Waals surface area (Å²) in [6.07, 6.45) is 2.92. The van der Waals surface area contributed by atoms with E-state index in [2.05, 4.69) is 5.32 Å². The zero-order chi connectivity index (χ0) is 17.5. The number of carboxylic acid groups (broad SMARTS) is 1. The van der Waals surface area contributed by atoms with E-state index in [9.17, 15) is 9.59 Å². The van der Waals surface area contributed by atoms with Crippen molar-refractivity contribution in [3.63, 3.8) is 0 Å². The number of rotatable bonds is 6. The molecule has 0 spiro atoms. The maximum atomic E-state index is 12.0. The van der Waals surface area contributed by atoms with Crippen LogP contribution in [-0.4, -0.2) is 31.2 Å². The summed E-state index contributed by atoms with van der Waals surface area (Å²) in [6.45, 7) is 0. The van der Waals surface area contributed by atoms with Gasteiger partial charge in [-0.3, -0.25) is 4.79 Å². The van der Waals surface area contributed by atoms with Crippen molar-refractivity contribution >= 4 is 23.6 Å². The van der Waals surface area contributed by atoms with Gasteiger partial charge in [0.2, 0.25) is 5.91 Å². The molecular formula is C18H17CrNO5. The number of methoxy groups -OCH3 is 2. The van der Waals surface area contributed by atoms with Gasteiger partial charge < -0.3 is 19.9 Å². The van der Waals surface area contributed by atoms with Gasteiger partial charge in [0.15, 0.2) is 11.5 Å². The Morgan fingerprint density at radius 1 is 1.04 bits per heavy atom. The number of benzene rings is 2. The predicted molar refractivity (Wildman–Crippen MR) is 90.6 cm³/mol. The normalized spacial score (nSPS) is 10.0. The molecule has 0 aromatic heterocycles. The Balaban J connectivity index is 0.00000312. The topological polar surface area (TPSA) is 84.9 Å². The van der Waals surface area contributed by atoms with Crippen molar-refractivity contribution in [2.24, 2.45) is 0 Å². The van der Waals surface area contributed by atoms with Crippen LogP contribution in [-0.2, 0) is 22.2 Å². The first-order valence-electron chi connectivity index (χ1n) is 7.08. The first kappa shape index (κ1) is 20.3. The van der Waals surface area contributed by atoms with Crippen LogP contribution in [0.25, 0.3) is 6.08 Å². The smallest absolute Gasteiger partial charge is 0.337 e. The number of hydrogen-bond acceptors (Lipinski definition) is 4. The first-order chi connectivity index (χ1) is 11.5. The van der Waals surface area contributed by atoms with E-state index >= 15 is 0 Å². The standard InChI is InChI=1S/C18H17NO5.Cr/c1-23-15-9-7-12(11-16(15)24-2)8-10-17(20)19-14-6-4-3-5-13(14)18(21)22;/h3-11H,1-2H3,(H,19,20)(H,21,22);/b10-8+;. The average molecular weight is 379 g/mol. The van der Waals surface area contributed by atoms with E-state index in [0.717, 1.165) is 5.56 Å². The molecule has 0 aliphatic carbocycles. The number of carbonyl (C=O) groups is 2. The zero-order valence-corrected chi connectivity index (χ0v) is 15.0. The molecule has 0 unspecified atom stereocenters. The Bertz CT molecular complexity index is 789. The molecule has 0 aliphatic heterocycles. The molecule has 0 bridgehead atoms. The van der Waals surface area contributed by atoms with Crippen LogP contribution in [0.3, 0.4) is 0 Å². The quantitative estimate of drug-likeness (QED) is 0.754. The van der Waals surface area contributed by atoms with Gasteiger partial charge in [0, 0.05) is 23.4 Å². The Labute approximate surface area is 156 Å². The monoisotopic (exact) mass is 379 g/mol. The van der Waals surface area contributed by atoms with E-state index in [0.29, 0.717) is 11.5 Å². The number of carboxylic acids is 1. The predicted octanol–water partition coefficient (Wildman–Crippen LogP) is 3.05. The van der Waals surface area contributed by atoms with E-state index < -0.39 is 11.9 Å². The molecule has 0 radical (unpaired) electrons. The molecule has 2 aromatic rings. The first-order valence-corrected chi connectivity index (χ1v) is 7.08. The van der Waals surface area contributed by atoms with E-state index in [-0.39, 0.29) is 28.6 Å². The summed E-state index contributed by atoms with van der Waals surface area (Å²) in [6, 6.07) is 11.4. The minimum atomic E-state index is -1.10. The second kappa shape index (κ2) is 9.52. The summed E-state index contributed by atoms with van der Waals surface area (Å²) in [7, 11) is 3.07. The van der Waals surface area contributed by atoms with E-state index in [1.54, 1.807) is 43.5 Å². The fourth-order valence-corrected chi connectivity index (χ4v) is 2.08. The Hall–Kier alpha value is -2.75. The van der Waals surface area contributed by atoms with Crippen LogP contribution in [0, 0.1) is 0 Å². The van der Waals surface area contributed by atoms with Gasteiger partial charge in [-0.15, -0.1) is 0 Å². The molecule has 7 heteroatoms. The fourth-order valence-electron chi connectivity index (χ4n) is 2.08. The van der Waals surface area contributed by atoms with Crippen LogP contribution in [0.2, 0.25) is 0 Å². The van der Waals surface area contributed by atoms with Crippen LogP contribution in [0.1, 0.15) is 15.9 Å². The molecule has 1 amide bonds. The second-order valence-corrected chi connectivity index (χ2v) is 4.79. The summed E-state index contributed by atoms with van der Waals surface area (Å²) in [4.78, 5) is 23.1. The van der Waals surface area contributed by atoms with E-state index in [1.165, 1.54) is 25.3 Å². The summed E-state index contributed by atoms with van der Waals surface area (Å²) < 4.78 is 10.3. The van der Waals surface area contributed by atoms with Gasteiger partial charge in [0.1, 0.15) is 0 Å². The number of carbonyl (C=O) groups excluding carboxylic acids is 1. The van der Waals surface area contributed by atoms with E-state index in [4.69, 9.17) is 14.6 Å². The number of para-hydroxylation sites is 1. The van der Waals surface area contributed by atoms with E-state index in [1.807, 2.05) is 0 Å². The molecule has 0 fully saturated rings. The van der Waals surface area contributed by atoms with Crippen molar-refractivity contribution < 1.29 is 41.5 Å². The van der Waals surface area contributed by atoms with Crippen molar-refractivity contribution in [3.8, 4) is 11.5 Å². The number of hydrogen-bond donors (Lipinski definition) is 2. The van der Waals surface area contributed by atoms with Crippen LogP contribution in [0.5, 0.6) is 11.5 Å². The van der Waals surface area contributed by atoms with Gasteiger partial charge in [-0.1, -0.05) is 18.2 Å². The third-order valence-electron chi connectivity index (χ3n) is 3.25. The number of anilines is 1. The fraction of sp³-hybridized carbons (Fsp3) is 0.111. The molecule has 130 valence electrons. The van der Waals surface area contributed by atoms with Crippen LogP contribution in [0.4, 0.5) is 5.69 Å². The Morgan fingerprint density at radius 3 is 2.36 bits per heavy atom. The van der Waals surface area contributed by atoms with Gasteiger partial charge in [-0.05, 0) is 35.9 Å². The molecule has 0 atom stereocenters. The minimum absolute atomic E-state index is 0. The molecule has 6 nitrogen and oxygen atoms in total. The van der Waals surface area contributed by atoms with Crippen molar-refractivity contribution in [2.75, 3.05) is 19.5 Å².